The SMILES string of the molecule is O=[N+]([O-])c1cccc(N2CCOC(CO)C2)c1. The molecule has 0 aliphatic carbocycles. The standard InChI is InChI=1S/C11H14N2O4/c14-8-11-7-12(4-5-17-11)9-2-1-3-10(6-9)13(15)16/h1-3,6,11,14H,4-5,7-8H2. The fourth-order valence-corrected chi connectivity index (χ4v) is 1.87. The first-order valence-electron chi connectivity index (χ1n) is 5.42. The largest absolute Gasteiger partial charge is 0.394 e. The van der Waals surface area contributed by atoms with Crippen LogP contribution in [-0.2, 0) is 4.74 Å². The molecule has 1 unspecified atom stereocenters. The van der Waals surface area contributed by atoms with Crippen molar-refractivity contribution in [3.8, 4) is 0 Å². The van der Waals surface area contributed by atoms with Crippen LogP contribution in [0.1, 0.15) is 0 Å². The van der Waals surface area contributed by atoms with Crippen LogP contribution in [0.2, 0.25) is 0 Å². The molecule has 6 nitrogen and oxygen atoms in total. The maximum atomic E-state index is 10.7. The molecule has 1 N–H and O–H groups in total. The average molecular weight is 238 g/mol. The van der Waals surface area contributed by atoms with Crippen LogP contribution >= 0.6 is 0 Å². The molecule has 0 aromatic heterocycles. The Morgan fingerprint density at radius 1 is 1.59 bits per heavy atom. The van der Waals surface area contributed by atoms with Crippen LogP contribution in [0.3, 0.4) is 0 Å². The second kappa shape index (κ2) is 5.11. The molecule has 0 bridgehead atoms. The molecule has 0 saturated carbocycles. The van der Waals surface area contributed by atoms with E-state index in [-0.39, 0.29) is 18.4 Å². The lowest BCUT2D eigenvalue weighted by atomic mass is 10.2. The maximum Gasteiger partial charge on any atom is 0.271 e. The molecular weight excluding hydrogens is 224 g/mol. The zero-order valence-electron chi connectivity index (χ0n) is 9.28. The number of anilines is 1. The number of nitrogens with zero attached hydrogens (tertiary/aromatic N) is 2. The number of aliphatic hydroxyl groups excluding tert-OH is 1. The number of morpholine rings is 1. The number of non-ortho nitro benzene ring substituents is 1. The van der Waals surface area contributed by atoms with E-state index in [2.05, 4.69) is 0 Å². The van der Waals surface area contributed by atoms with E-state index in [1.807, 2.05) is 11.0 Å². The van der Waals surface area contributed by atoms with Gasteiger partial charge in [0.2, 0.25) is 0 Å². The number of hydrogen-bond acceptors (Lipinski definition) is 5. The Labute approximate surface area is 98.6 Å². The van der Waals surface area contributed by atoms with E-state index in [4.69, 9.17) is 9.84 Å². The third kappa shape index (κ3) is 2.72. The summed E-state index contributed by atoms with van der Waals surface area (Å²) < 4.78 is 5.33. The minimum Gasteiger partial charge on any atom is -0.394 e. The average Bonchev–Trinajstić information content (AvgIpc) is 2.39. The Kier molecular flexibility index (Phi) is 3.55. The molecule has 2 rings (SSSR count). The fraction of sp³-hybridized carbons (Fsp3) is 0.455. The molecule has 6 heteroatoms. The maximum absolute atomic E-state index is 10.7. The smallest absolute Gasteiger partial charge is 0.271 e. The summed E-state index contributed by atoms with van der Waals surface area (Å²) >= 11 is 0. The first-order valence-corrected chi connectivity index (χ1v) is 5.42. The summed E-state index contributed by atoms with van der Waals surface area (Å²) in [6, 6.07) is 6.50. The molecule has 1 aromatic carbocycles. The summed E-state index contributed by atoms with van der Waals surface area (Å²) in [5.41, 5.74) is 0.871. The van der Waals surface area contributed by atoms with Gasteiger partial charge in [-0.2, -0.15) is 0 Å². The highest BCUT2D eigenvalue weighted by Crippen LogP contribution is 2.22. The Bertz CT molecular complexity index is 410. The van der Waals surface area contributed by atoms with Gasteiger partial charge < -0.3 is 14.7 Å². The third-order valence-corrected chi connectivity index (χ3v) is 2.75. The highest BCUT2D eigenvalue weighted by atomic mass is 16.6. The van der Waals surface area contributed by atoms with Gasteiger partial charge >= 0.3 is 0 Å². The Morgan fingerprint density at radius 2 is 2.41 bits per heavy atom. The number of rotatable bonds is 3. The van der Waals surface area contributed by atoms with Gasteiger partial charge in [0, 0.05) is 30.9 Å². The van der Waals surface area contributed by atoms with Crippen molar-refractivity contribution < 1.29 is 14.8 Å². The van der Waals surface area contributed by atoms with Crippen molar-refractivity contribution in [2.24, 2.45) is 0 Å². The molecule has 1 aromatic rings. The van der Waals surface area contributed by atoms with Crippen LogP contribution in [0.5, 0.6) is 0 Å². The molecular formula is C11H14N2O4. The summed E-state index contributed by atoms with van der Waals surface area (Å²) in [5.74, 6) is 0. The number of nitro benzene ring substituents is 1. The summed E-state index contributed by atoms with van der Waals surface area (Å²) in [5, 5.41) is 19.7. The summed E-state index contributed by atoms with van der Waals surface area (Å²) in [6.07, 6.45) is -0.219. The van der Waals surface area contributed by atoms with Crippen molar-refractivity contribution in [2.75, 3.05) is 31.2 Å². The quantitative estimate of drug-likeness (QED) is 0.622. The molecule has 17 heavy (non-hydrogen) atoms. The number of benzene rings is 1. The van der Waals surface area contributed by atoms with Crippen LogP contribution in [0.4, 0.5) is 11.4 Å². The van der Waals surface area contributed by atoms with Gasteiger partial charge in [-0.3, -0.25) is 10.1 Å². The van der Waals surface area contributed by atoms with Gasteiger partial charge in [0.1, 0.15) is 0 Å². The van der Waals surface area contributed by atoms with Crippen LogP contribution < -0.4 is 4.90 Å². The van der Waals surface area contributed by atoms with Crippen molar-refractivity contribution in [3.63, 3.8) is 0 Å². The van der Waals surface area contributed by atoms with E-state index in [9.17, 15) is 10.1 Å². The molecule has 0 amide bonds. The van der Waals surface area contributed by atoms with Gasteiger partial charge in [-0.15, -0.1) is 0 Å². The summed E-state index contributed by atoms with van der Waals surface area (Å²) in [7, 11) is 0. The normalized spacial score (nSPS) is 20.3. The van der Waals surface area contributed by atoms with Gasteiger partial charge in [0.05, 0.1) is 24.2 Å². The number of nitro groups is 1. The van der Waals surface area contributed by atoms with Crippen molar-refractivity contribution in [2.45, 2.75) is 6.10 Å². The predicted molar refractivity (Wildman–Crippen MR) is 62.1 cm³/mol. The summed E-state index contributed by atoms with van der Waals surface area (Å²) in [4.78, 5) is 12.3. The zero-order valence-corrected chi connectivity index (χ0v) is 9.28. The predicted octanol–water partition coefficient (Wildman–Crippen LogP) is 0.792. The fourth-order valence-electron chi connectivity index (χ4n) is 1.87. The highest BCUT2D eigenvalue weighted by Gasteiger charge is 2.20. The van der Waals surface area contributed by atoms with Gasteiger partial charge in [-0.25, -0.2) is 0 Å². The van der Waals surface area contributed by atoms with Crippen molar-refractivity contribution >= 4 is 11.4 Å². The van der Waals surface area contributed by atoms with Crippen molar-refractivity contribution in [1.82, 2.24) is 0 Å². The molecule has 1 atom stereocenters. The second-order valence-corrected chi connectivity index (χ2v) is 3.90. The summed E-state index contributed by atoms with van der Waals surface area (Å²) in [6.45, 7) is 1.72. The van der Waals surface area contributed by atoms with E-state index < -0.39 is 4.92 Å². The molecule has 1 saturated heterocycles. The lowest BCUT2D eigenvalue weighted by Crippen LogP contribution is -2.44. The molecule has 0 spiro atoms. The van der Waals surface area contributed by atoms with Gasteiger partial charge in [-0.1, -0.05) is 6.07 Å². The molecule has 1 fully saturated rings. The lowest BCUT2D eigenvalue weighted by Gasteiger charge is -2.33. The Hall–Kier alpha value is -1.66. The van der Waals surface area contributed by atoms with E-state index in [0.717, 1.165) is 5.69 Å². The Morgan fingerprint density at radius 3 is 3.12 bits per heavy atom. The van der Waals surface area contributed by atoms with E-state index in [1.54, 1.807) is 12.1 Å². The van der Waals surface area contributed by atoms with Crippen LogP contribution in [-0.4, -0.2) is 42.4 Å². The Balaban J connectivity index is 2.16. The molecule has 1 aliphatic rings. The first kappa shape index (κ1) is 11.8. The highest BCUT2D eigenvalue weighted by molar-refractivity contribution is 5.53. The number of hydrogen-bond donors (Lipinski definition) is 1. The minimum atomic E-state index is -0.409. The monoisotopic (exact) mass is 238 g/mol. The number of ether oxygens (including phenoxy) is 1. The number of aliphatic hydroxyl groups is 1. The van der Waals surface area contributed by atoms with E-state index in [0.29, 0.717) is 19.7 Å². The van der Waals surface area contributed by atoms with Gasteiger partial charge in [-0.05, 0) is 6.07 Å². The van der Waals surface area contributed by atoms with Crippen molar-refractivity contribution in [3.05, 3.63) is 34.4 Å². The van der Waals surface area contributed by atoms with Crippen LogP contribution in [0, 0.1) is 10.1 Å². The van der Waals surface area contributed by atoms with E-state index >= 15 is 0 Å². The molecule has 0 radical (unpaired) electrons. The van der Waals surface area contributed by atoms with Crippen molar-refractivity contribution in [1.29, 1.82) is 0 Å². The van der Waals surface area contributed by atoms with Crippen LogP contribution in [0.15, 0.2) is 24.3 Å². The lowest BCUT2D eigenvalue weighted by molar-refractivity contribution is -0.384. The van der Waals surface area contributed by atoms with Gasteiger partial charge in [0.15, 0.2) is 0 Å². The van der Waals surface area contributed by atoms with E-state index in [1.165, 1.54) is 6.07 Å². The molecule has 1 heterocycles. The van der Waals surface area contributed by atoms with Gasteiger partial charge in [0.25, 0.3) is 5.69 Å². The van der Waals surface area contributed by atoms with Crippen LogP contribution in [0.25, 0.3) is 0 Å². The molecule has 92 valence electrons. The zero-order chi connectivity index (χ0) is 12.3. The first-order chi connectivity index (χ1) is 8.20. The topological polar surface area (TPSA) is 75.8 Å². The third-order valence-electron chi connectivity index (χ3n) is 2.75. The molecule has 1 aliphatic heterocycles. The minimum absolute atomic E-state index is 0.0363. The second-order valence-electron chi connectivity index (χ2n) is 3.90.